The van der Waals surface area contributed by atoms with E-state index < -0.39 is 0 Å². The van der Waals surface area contributed by atoms with Crippen LogP contribution in [0.25, 0.3) is 6.08 Å². The Hall–Kier alpha value is -1.02. The molecule has 1 rings (SSSR count). The average Bonchev–Trinajstić information content (AvgIpc) is 2.19. The van der Waals surface area contributed by atoms with Gasteiger partial charge in [0.15, 0.2) is 5.78 Å². The molecule has 74 valence electrons. The lowest BCUT2D eigenvalue weighted by molar-refractivity contribution is 0.101. The minimum atomic E-state index is 0.114. The van der Waals surface area contributed by atoms with E-state index in [1.807, 2.05) is 24.3 Å². The van der Waals surface area contributed by atoms with Gasteiger partial charge in [0.05, 0.1) is 0 Å². The Balaban J connectivity index is 2.68. The number of rotatable bonds is 4. The predicted molar refractivity (Wildman–Crippen MR) is 63.6 cm³/mol. The molecule has 0 radical (unpaired) electrons. The van der Waals surface area contributed by atoms with Crippen molar-refractivity contribution >= 4 is 23.6 Å². The second kappa shape index (κ2) is 5.66. The molecule has 0 unspecified atom stereocenters. The van der Waals surface area contributed by atoms with Crippen LogP contribution in [0, 0.1) is 0 Å². The summed E-state index contributed by atoms with van der Waals surface area (Å²) in [5.74, 6) is 1.20. The normalized spacial score (nSPS) is 10.7. The van der Waals surface area contributed by atoms with Crippen molar-refractivity contribution in [3.63, 3.8) is 0 Å². The van der Waals surface area contributed by atoms with Crippen molar-refractivity contribution in [1.29, 1.82) is 0 Å². The molecule has 0 bridgehead atoms. The molecule has 0 amide bonds. The van der Waals surface area contributed by atoms with Gasteiger partial charge in [0.1, 0.15) is 0 Å². The predicted octanol–water partition coefficient (Wildman–Crippen LogP) is 3.61. The minimum Gasteiger partial charge on any atom is -0.295 e. The first-order valence-corrected chi connectivity index (χ1v) is 5.68. The highest BCUT2D eigenvalue weighted by atomic mass is 32.2. The van der Waals surface area contributed by atoms with E-state index in [-0.39, 0.29) is 5.78 Å². The van der Waals surface area contributed by atoms with E-state index in [0.29, 0.717) is 0 Å². The summed E-state index contributed by atoms with van der Waals surface area (Å²) in [6, 6.07) is 7.64. The number of hydrogen-bond acceptors (Lipinski definition) is 2. The molecule has 14 heavy (non-hydrogen) atoms. The first-order valence-electron chi connectivity index (χ1n) is 4.63. The Bertz CT molecular complexity index is 325. The van der Waals surface area contributed by atoms with Crippen LogP contribution in [0.15, 0.2) is 29.7 Å². The molecule has 0 heterocycles. The maximum absolute atomic E-state index is 11.0. The molecule has 0 saturated carbocycles. The Morgan fingerprint density at radius 1 is 1.36 bits per heavy atom. The molecule has 0 fully saturated rings. The SMILES string of the molecule is CCS/C=C/c1ccc(C(C)=O)cc1. The fourth-order valence-electron chi connectivity index (χ4n) is 1.05. The second-order valence-corrected chi connectivity index (χ2v) is 4.12. The highest BCUT2D eigenvalue weighted by Gasteiger charge is 1.96. The molecular weight excluding hydrogens is 192 g/mol. The summed E-state index contributed by atoms with van der Waals surface area (Å²) in [4.78, 5) is 11.0. The first-order chi connectivity index (χ1) is 6.74. The standard InChI is InChI=1S/C12H14OS/c1-3-14-9-8-11-4-6-12(7-5-11)10(2)13/h4-9H,3H2,1-2H3/b9-8+. The van der Waals surface area contributed by atoms with Crippen LogP contribution in [0.5, 0.6) is 0 Å². The maximum Gasteiger partial charge on any atom is 0.159 e. The summed E-state index contributed by atoms with van der Waals surface area (Å²) in [7, 11) is 0. The van der Waals surface area contributed by atoms with E-state index in [0.717, 1.165) is 16.9 Å². The Morgan fingerprint density at radius 3 is 2.50 bits per heavy atom. The van der Waals surface area contributed by atoms with Gasteiger partial charge in [-0.3, -0.25) is 4.79 Å². The molecule has 1 aromatic rings. The summed E-state index contributed by atoms with van der Waals surface area (Å²) in [6.07, 6.45) is 2.05. The highest BCUT2D eigenvalue weighted by molar-refractivity contribution is 8.02. The summed E-state index contributed by atoms with van der Waals surface area (Å²) >= 11 is 1.77. The smallest absolute Gasteiger partial charge is 0.159 e. The molecule has 0 aromatic heterocycles. The monoisotopic (exact) mass is 206 g/mol. The number of Topliss-reactive ketones (excluding diaryl/α,β-unsaturated/α-hetero) is 1. The van der Waals surface area contributed by atoms with E-state index in [4.69, 9.17) is 0 Å². The van der Waals surface area contributed by atoms with Gasteiger partial charge >= 0.3 is 0 Å². The Kier molecular flexibility index (Phi) is 4.47. The fraction of sp³-hybridized carbons (Fsp3) is 0.250. The summed E-state index contributed by atoms with van der Waals surface area (Å²) in [6.45, 7) is 3.70. The number of carbonyl (C=O) groups excluding carboxylic acids is 1. The van der Waals surface area contributed by atoms with Crippen molar-refractivity contribution in [1.82, 2.24) is 0 Å². The zero-order chi connectivity index (χ0) is 10.4. The van der Waals surface area contributed by atoms with E-state index in [1.165, 1.54) is 0 Å². The molecule has 0 aliphatic rings. The zero-order valence-electron chi connectivity index (χ0n) is 8.49. The molecule has 2 heteroatoms. The number of ketones is 1. The van der Waals surface area contributed by atoms with Crippen LogP contribution < -0.4 is 0 Å². The molecule has 1 aromatic carbocycles. The molecule has 1 nitrogen and oxygen atoms in total. The van der Waals surface area contributed by atoms with Gasteiger partial charge in [-0.1, -0.05) is 31.2 Å². The van der Waals surface area contributed by atoms with E-state index in [1.54, 1.807) is 18.7 Å². The van der Waals surface area contributed by atoms with Crippen molar-refractivity contribution in [2.45, 2.75) is 13.8 Å². The summed E-state index contributed by atoms with van der Waals surface area (Å²) < 4.78 is 0. The van der Waals surface area contributed by atoms with Gasteiger partial charge in [-0.15, -0.1) is 11.8 Å². The van der Waals surface area contributed by atoms with E-state index in [2.05, 4.69) is 18.4 Å². The maximum atomic E-state index is 11.0. The minimum absolute atomic E-state index is 0.114. The van der Waals surface area contributed by atoms with E-state index >= 15 is 0 Å². The number of benzene rings is 1. The molecule has 0 spiro atoms. The summed E-state index contributed by atoms with van der Waals surface area (Å²) in [5.41, 5.74) is 1.90. The number of thioether (sulfide) groups is 1. The van der Waals surface area contributed by atoms with Gasteiger partial charge in [0.2, 0.25) is 0 Å². The third-order valence-electron chi connectivity index (χ3n) is 1.84. The van der Waals surface area contributed by atoms with Gasteiger partial charge in [0, 0.05) is 5.56 Å². The van der Waals surface area contributed by atoms with Crippen LogP contribution in [0.1, 0.15) is 29.8 Å². The quantitative estimate of drug-likeness (QED) is 0.700. The van der Waals surface area contributed by atoms with Gasteiger partial charge in [-0.25, -0.2) is 0 Å². The van der Waals surface area contributed by atoms with Gasteiger partial charge in [0.25, 0.3) is 0 Å². The lowest BCUT2D eigenvalue weighted by Crippen LogP contribution is -1.90. The molecular formula is C12H14OS. The van der Waals surface area contributed by atoms with Crippen LogP contribution in [-0.2, 0) is 0 Å². The molecule has 0 saturated heterocycles. The van der Waals surface area contributed by atoms with Crippen LogP contribution in [0.3, 0.4) is 0 Å². The zero-order valence-corrected chi connectivity index (χ0v) is 9.30. The third-order valence-corrected chi connectivity index (χ3v) is 2.50. The van der Waals surface area contributed by atoms with Crippen LogP contribution >= 0.6 is 11.8 Å². The van der Waals surface area contributed by atoms with Crippen molar-refractivity contribution in [3.05, 3.63) is 40.8 Å². The fourth-order valence-corrected chi connectivity index (χ4v) is 1.50. The first kappa shape index (κ1) is 11.1. The second-order valence-electron chi connectivity index (χ2n) is 2.94. The molecule has 0 aliphatic carbocycles. The van der Waals surface area contributed by atoms with Gasteiger partial charge < -0.3 is 0 Å². The van der Waals surface area contributed by atoms with Crippen molar-refractivity contribution in [3.8, 4) is 0 Å². The van der Waals surface area contributed by atoms with E-state index in [9.17, 15) is 4.79 Å². The Morgan fingerprint density at radius 2 is 2.00 bits per heavy atom. The van der Waals surface area contributed by atoms with Gasteiger partial charge in [-0.05, 0) is 29.7 Å². The molecule has 0 aliphatic heterocycles. The third kappa shape index (κ3) is 3.38. The largest absolute Gasteiger partial charge is 0.295 e. The van der Waals surface area contributed by atoms with Crippen LogP contribution in [0.4, 0.5) is 0 Å². The van der Waals surface area contributed by atoms with Crippen molar-refractivity contribution in [2.24, 2.45) is 0 Å². The highest BCUT2D eigenvalue weighted by Crippen LogP contribution is 2.09. The molecule has 0 N–H and O–H groups in total. The number of carbonyl (C=O) groups is 1. The lowest BCUT2D eigenvalue weighted by atomic mass is 10.1. The topological polar surface area (TPSA) is 17.1 Å². The van der Waals surface area contributed by atoms with Gasteiger partial charge in [-0.2, -0.15) is 0 Å². The van der Waals surface area contributed by atoms with Crippen molar-refractivity contribution in [2.75, 3.05) is 5.75 Å². The van der Waals surface area contributed by atoms with Crippen LogP contribution in [0.2, 0.25) is 0 Å². The Labute approximate surface area is 89.2 Å². The lowest BCUT2D eigenvalue weighted by Gasteiger charge is -1.96. The summed E-state index contributed by atoms with van der Waals surface area (Å²) in [5, 5.41) is 2.07. The van der Waals surface area contributed by atoms with Crippen LogP contribution in [-0.4, -0.2) is 11.5 Å². The number of hydrogen-bond donors (Lipinski definition) is 0. The van der Waals surface area contributed by atoms with Crippen molar-refractivity contribution < 1.29 is 4.79 Å². The average molecular weight is 206 g/mol. The molecule has 0 atom stereocenters.